The van der Waals surface area contributed by atoms with Crippen molar-refractivity contribution >= 4 is 40.6 Å². The Labute approximate surface area is 174 Å². The number of hydrogen-bond donors (Lipinski definition) is 0. The van der Waals surface area contributed by atoms with Gasteiger partial charge in [0.05, 0.1) is 13.2 Å². The molecule has 1 aromatic carbocycles. The fourth-order valence-electron chi connectivity index (χ4n) is 2.31. The highest BCUT2D eigenvalue weighted by molar-refractivity contribution is 6.34. The molecule has 0 aliphatic carbocycles. The predicted octanol–water partition coefficient (Wildman–Crippen LogP) is 1.32. The van der Waals surface area contributed by atoms with Gasteiger partial charge in [0.25, 0.3) is 0 Å². The molecule has 0 saturated carbocycles. The summed E-state index contributed by atoms with van der Waals surface area (Å²) < 4.78 is 24.5. The number of hydrogen-bond acceptors (Lipinski definition) is 11. The number of carbonyl (C=O) groups excluding carboxylic acids is 5. The first kappa shape index (κ1) is 23.3. The van der Waals surface area contributed by atoms with Gasteiger partial charge >= 0.3 is 23.9 Å². The van der Waals surface area contributed by atoms with Crippen molar-refractivity contribution in [3.63, 3.8) is 0 Å². The first-order valence-electron chi connectivity index (χ1n) is 9.14. The maximum absolute atomic E-state index is 12.6. The monoisotopic (exact) mass is 434 g/mol. The van der Waals surface area contributed by atoms with Crippen LogP contribution in [0.2, 0.25) is 0 Å². The minimum Gasteiger partial charge on any atom is -0.460 e. The lowest BCUT2D eigenvalue weighted by atomic mass is 10.2. The summed E-state index contributed by atoms with van der Waals surface area (Å²) in [5.74, 6) is -7.08. The van der Waals surface area contributed by atoms with Crippen LogP contribution in [0.15, 0.2) is 27.4 Å². The third-order valence-electron chi connectivity index (χ3n) is 3.65. The first-order valence-corrected chi connectivity index (χ1v) is 9.14. The Hall–Kier alpha value is -4.02. The van der Waals surface area contributed by atoms with E-state index in [1.54, 1.807) is 6.92 Å². The minimum atomic E-state index is -1.40. The van der Waals surface area contributed by atoms with Crippen molar-refractivity contribution in [2.45, 2.75) is 27.2 Å². The Kier molecular flexibility index (Phi) is 7.61. The summed E-state index contributed by atoms with van der Waals surface area (Å²) in [5.41, 5.74) is -1.12. The average molecular weight is 434 g/mol. The van der Waals surface area contributed by atoms with Crippen LogP contribution in [0.25, 0.3) is 11.0 Å². The van der Waals surface area contributed by atoms with Crippen LogP contribution in [-0.2, 0) is 28.7 Å². The molecule has 1 aromatic heterocycles. The van der Waals surface area contributed by atoms with Crippen LogP contribution in [0.4, 0.5) is 0 Å². The second-order valence-electron chi connectivity index (χ2n) is 5.77. The van der Waals surface area contributed by atoms with Gasteiger partial charge in [-0.2, -0.15) is 0 Å². The minimum absolute atomic E-state index is 0.0137. The Morgan fingerprint density at radius 2 is 1.52 bits per heavy atom. The van der Waals surface area contributed by atoms with E-state index < -0.39 is 46.6 Å². The van der Waals surface area contributed by atoms with Crippen LogP contribution in [0, 0.1) is 0 Å². The van der Waals surface area contributed by atoms with Gasteiger partial charge in [0.2, 0.25) is 11.5 Å². The lowest BCUT2D eigenvalue weighted by Gasteiger charge is -2.10. The molecular weight excluding hydrogens is 416 g/mol. The number of rotatable bonds is 7. The molecule has 31 heavy (non-hydrogen) atoms. The summed E-state index contributed by atoms with van der Waals surface area (Å²) in [6, 6.07) is 2.79. The zero-order valence-corrected chi connectivity index (χ0v) is 16.8. The third kappa shape index (κ3) is 5.53. The van der Waals surface area contributed by atoms with Crippen LogP contribution in [0.1, 0.15) is 37.7 Å². The summed E-state index contributed by atoms with van der Waals surface area (Å²) in [7, 11) is 0. The number of ketones is 1. The van der Waals surface area contributed by atoms with Crippen molar-refractivity contribution in [1.29, 1.82) is 0 Å². The van der Waals surface area contributed by atoms with E-state index in [0.29, 0.717) is 0 Å². The number of esters is 4. The molecule has 0 N–H and O–H groups in total. The van der Waals surface area contributed by atoms with E-state index in [1.165, 1.54) is 13.8 Å². The van der Waals surface area contributed by atoms with E-state index in [4.69, 9.17) is 18.6 Å². The topological polar surface area (TPSA) is 152 Å². The fourth-order valence-corrected chi connectivity index (χ4v) is 2.31. The smallest absolute Gasteiger partial charge is 0.422 e. The molecule has 0 aliphatic rings. The Bertz CT molecular complexity index is 1110. The van der Waals surface area contributed by atoms with Gasteiger partial charge in [-0.15, -0.1) is 0 Å². The van der Waals surface area contributed by atoms with Crippen LogP contribution < -0.4 is 14.9 Å². The molecule has 2 rings (SSSR count). The highest BCUT2D eigenvalue weighted by Crippen LogP contribution is 2.30. The molecule has 11 nitrogen and oxygen atoms in total. The lowest BCUT2D eigenvalue weighted by Crippen LogP contribution is -2.23. The number of benzene rings is 1. The maximum atomic E-state index is 12.6. The molecule has 0 radical (unpaired) electrons. The molecule has 0 bridgehead atoms. The Morgan fingerprint density at radius 3 is 2.13 bits per heavy atom. The molecule has 0 amide bonds. The quantitative estimate of drug-likeness (QED) is 0.352. The van der Waals surface area contributed by atoms with Gasteiger partial charge in [0.15, 0.2) is 5.43 Å². The van der Waals surface area contributed by atoms with E-state index in [1.807, 2.05) is 0 Å². The number of fused-ring (bicyclic) bond motifs is 1. The molecule has 0 spiro atoms. The zero-order chi connectivity index (χ0) is 23.1. The molecule has 0 aliphatic heterocycles. The summed E-state index contributed by atoms with van der Waals surface area (Å²) in [5, 5.41) is -0.304. The van der Waals surface area contributed by atoms with E-state index in [2.05, 4.69) is 4.74 Å². The van der Waals surface area contributed by atoms with Gasteiger partial charge < -0.3 is 23.4 Å². The second kappa shape index (κ2) is 10.1. The van der Waals surface area contributed by atoms with Crippen molar-refractivity contribution in [2.24, 2.45) is 0 Å². The van der Waals surface area contributed by atoms with Gasteiger partial charge in [-0.05, 0) is 13.8 Å². The Balaban J connectivity index is 2.61. The van der Waals surface area contributed by atoms with Gasteiger partial charge in [-0.25, -0.2) is 19.2 Å². The molecular formula is C20H18O11. The average Bonchev–Trinajstić information content (AvgIpc) is 2.72. The highest BCUT2D eigenvalue weighted by atomic mass is 16.6. The van der Waals surface area contributed by atoms with Gasteiger partial charge in [0, 0.05) is 24.6 Å². The predicted molar refractivity (Wildman–Crippen MR) is 102 cm³/mol. The second-order valence-corrected chi connectivity index (χ2v) is 5.77. The first-order chi connectivity index (χ1) is 14.7. The standard InChI is InChI=1S/C20H18O11/c1-4-11(21)17(23)31-14-8-10(29-20(26)19(25)28-6-3)7-13-16(14)12(22)9-15(30-13)18(24)27-5-2/h7-9H,4-6H2,1-3H3. The number of carbonyl (C=O) groups is 5. The van der Waals surface area contributed by atoms with Gasteiger partial charge in [0.1, 0.15) is 22.5 Å². The number of ether oxygens (including phenoxy) is 4. The summed E-state index contributed by atoms with van der Waals surface area (Å²) >= 11 is 0. The van der Waals surface area contributed by atoms with Crippen LogP contribution in [0.5, 0.6) is 11.5 Å². The number of Topliss-reactive ketones (excluding diaryl/α,β-unsaturated/α-hetero) is 1. The summed E-state index contributed by atoms with van der Waals surface area (Å²) in [6.45, 7) is 4.39. The van der Waals surface area contributed by atoms with Crippen molar-refractivity contribution in [2.75, 3.05) is 13.2 Å². The molecule has 0 atom stereocenters. The van der Waals surface area contributed by atoms with Crippen LogP contribution >= 0.6 is 0 Å². The maximum Gasteiger partial charge on any atom is 0.422 e. The Morgan fingerprint density at radius 1 is 0.839 bits per heavy atom. The normalized spacial score (nSPS) is 10.3. The lowest BCUT2D eigenvalue weighted by molar-refractivity contribution is -0.161. The fraction of sp³-hybridized carbons (Fsp3) is 0.300. The zero-order valence-electron chi connectivity index (χ0n) is 16.8. The highest BCUT2D eigenvalue weighted by Gasteiger charge is 2.24. The molecule has 164 valence electrons. The van der Waals surface area contributed by atoms with Crippen molar-refractivity contribution in [3.8, 4) is 11.5 Å². The van der Waals surface area contributed by atoms with Crippen LogP contribution in [0.3, 0.4) is 0 Å². The van der Waals surface area contributed by atoms with E-state index >= 15 is 0 Å². The SMILES string of the molecule is CCOC(=O)C(=O)Oc1cc(OC(=O)C(=O)CC)c2c(=O)cc(C(=O)OCC)oc2c1. The van der Waals surface area contributed by atoms with Gasteiger partial charge in [-0.3, -0.25) is 9.59 Å². The van der Waals surface area contributed by atoms with E-state index in [-0.39, 0.29) is 36.4 Å². The molecule has 11 heteroatoms. The van der Waals surface area contributed by atoms with Crippen molar-refractivity contribution in [3.05, 3.63) is 34.2 Å². The van der Waals surface area contributed by atoms with Crippen molar-refractivity contribution < 1.29 is 47.3 Å². The van der Waals surface area contributed by atoms with Crippen LogP contribution in [-0.4, -0.2) is 42.9 Å². The van der Waals surface area contributed by atoms with E-state index in [9.17, 15) is 28.8 Å². The molecule has 1 heterocycles. The molecule has 0 unspecified atom stereocenters. The van der Waals surface area contributed by atoms with Gasteiger partial charge in [-0.1, -0.05) is 6.92 Å². The van der Waals surface area contributed by atoms with Crippen molar-refractivity contribution in [1.82, 2.24) is 0 Å². The summed E-state index contributed by atoms with van der Waals surface area (Å²) in [6.07, 6.45) is -0.157. The molecule has 2 aromatic rings. The third-order valence-corrected chi connectivity index (χ3v) is 3.65. The molecule has 0 saturated heterocycles. The van der Waals surface area contributed by atoms with E-state index in [0.717, 1.165) is 18.2 Å². The summed E-state index contributed by atoms with van der Waals surface area (Å²) in [4.78, 5) is 71.3. The largest absolute Gasteiger partial charge is 0.460 e. The molecule has 0 fully saturated rings.